The molecular weight excluding hydrogens is 324 g/mol. The molecular formula is C18H28N2O3S. The summed E-state index contributed by atoms with van der Waals surface area (Å²) in [4.78, 5) is 12.5. The van der Waals surface area contributed by atoms with E-state index in [1.54, 1.807) is 6.07 Å². The quantitative estimate of drug-likeness (QED) is 0.885. The average Bonchev–Trinajstić information content (AvgIpc) is 2.54. The van der Waals surface area contributed by atoms with Crippen molar-refractivity contribution in [1.29, 1.82) is 0 Å². The summed E-state index contributed by atoms with van der Waals surface area (Å²) in [5.41, 5.74) is 1.69. The summed E-state index contributed by atoms with van der Waals surface area (Å²) in [6.07, 6.45) is 1.15. The minimum absolute atomic E-state index is 0.0486. The van der Waals surface area contributed by atoms with E-state index in [2.05, 4.69) is 19.2 Å². The van der Waals surface area contributed by atoms with E-state index in [1.165, 1.54) is 4.31 Å². The number of rotatable bonds is 5. The van der Waals surface area contributed by atoms with E-state index < -0.39 is 10.0 Å². The lowest BCUT2D eigenvalue weighted by molar-refractivity contribution is -0.126. The van der Waals surface area contributed by atoms with E-state index in [1.807, 2.05) is 26.0 Å². The number of nitrogens with zero attached hydrogens (tertiary/aromatic N) is 1. The van der Waals surface area contributed by atoms with Crippen molar-refractivity contribution in [3.05, 3.63) is 29.3 Å². The van der Waals surface area contributed by atoms with Gasteiger partial charge in [0.25, 0.3) is 0 Å². The minimum atomic E-state index is -3.49. The Morgan fingerprint density at radius 2 is 1.88 bits per heavy atom. The summed E-state index contributed by atoms with van der Waals surface area (Å²) in [5.74, 6) is 0.375. The fourth-order valence-electron chi connectivity index (χ4n) is 2.93. The zero-order valence-corrected chi connectivity index (χ0v) is 15.8. The molecule has 0 spiro atoms. The Kier molecular flexibility index (Phi) is 6.04. The number of carbonyl (C=O) groups excluding carboxylic acids is 1. The third-order valence-corrected chi connectivity index (χ3v) is 6.51. The highest BCUT2D eigenvalue weighted by Gasteiger charge is 2.32. The molecule has 1 heterocycles. The van der Waals surface area contributed by atoms with Crippen molar-refractivity contribution < 1.29 is 13.2 Å². The van der Waals surface area contributed by atoms with Gasteiger partial charge in [-0.25, -0.2) is 8.42 Å². The summed E-state index contributed by atoms with van der Waals surface area (Å²) in [5, 5.41) is 2.95. The molecule has 1 aliphatic heterocycles. The molecule has 1 fully saturated rings. The number of hydrogen-bond donors (Lipinski definition) is 1. The maximum Gasteiger partial charge on any atom is 0.243 e. The second-order valence-electron chi connectivity index (χ2n) is 7.09. The van der Waals surface area contributed by atoms with E-state index in [0.717, 1.165) is 11.1 Å². The molecule has 1 amide bonds. The Balaban J connectivity index is 2.03. The monoisotopic (exact) mass is 352 g/mol. The first-order chi connectivity index (χ1) is 11.2. The molecule has 1 aliphatic rings. The molecule has 1 aromatic rings. The predicted molar refractivity (Wildman–Crippen MR) is 95.2 cm³/mol. The lowest BCUT2D eigenvalue weighted by Gasteiger charge is -2.31. The van der Waals surface area contributed by atoms with Gasteiger partial charge in [0.1, 0.15) is 0 Å². The Hall–Kier alpha value is -1.40. The van der Waals surface area contributed by atoms with Crippen molar-refractivity contribution >= 4 is 15.9 Å². The van der Waals surface area contributed by atoms with Crippen LogP contribution in [0.2, 0.25) is 0 Å². The van der Waals surface area contributed by atoms with Crippen LogP contribution in [-0.2, 0) is 14.8 Å². The van der Waals surface area contributed by atoms with Crippen LogP contribution in [0.5, 0.6) is 0 Å². The zero-order chi connectivity index (χ0) is 17.9. The highest BCUT2D eigenvalue weighted by atomic mass is 32.2. The molecule has 0 unspecified atom stereocenters. The summed E-state index contributed by atoms with van der Waals surface area (Å²) < 4.78 is 27.3. The van der Waals surface area contributed by atoms with Gasteiger partial charge < -0.3 is 5.32 Å². The molecule has 0 radical (unpaired) electrons. The number of piperidine rings is 1. The molecule has 0 saturated carbocycles. The van der Waals surface area contributed by atoms with E-state index in [0.29, 0.717) is 43.3 Å². The second kappa shape index (κ2) is 7.66. The van der Waals surface area contributed by atoms with Gasteiger partial charge >= 0.3 is 0 Å². The number of aryl methyl sites for hydroxylation is 2. The van der Waals surface area contributed by atoms with E-state index in [-0.39, 0.29) is 11.8 Å². The number of nitrogens with one attached hydrogen (secondary N) is 1. The van der Waals surface area contributed by atoms with E-state index in [4.69, 9.17) is 0 Å². The first-order valence-electron chi connectivity index (χ1n) is 8.57. The lowest BCUT2D eigenvalue weighted by atomic mass is 9.97. The molecule has 2 rings (SSSR count). The Labute approximate surface area is 145 Å². The fraction of sp³-hybridized carbons (Fsp3) is 0.611. The van der Waals surface area contributed by atoms with Crippen molar-refractivity contribution in [3.63, 3.8) is 0 Å². The topological polar surface area (TPSA) is 66.5 Å². The number of amides is 1. The van der Waals surface area contributed by atoms with Gasteiger partial charge in [-0.1, -0.05) is 26.0 Å². The lowest BCUT2D eigenvalue weighted by Crippen LogP contribution is -2.43. The van der Waals surface area contributed by atoms with E-state index >= 15 is 0 Å². The van der Waals surface area contributed by atoms with Gasteiger partial charge in [-0.3, -0.25) is 4.79 Å². The highest BCUT2D eigenvalue weighted by Crippen LogP contribution is 2.26. The van der Waals surface area contributed by atoms with Crippen LogP contribution in [0.4, 0.5) is 0 Å². The second-order valence-corrected chi connectivity index (χ2v) is 8.99. The van der Waals surface area contributed by atoms with Gasteiger partial charge in [0.05, 0.1) is 4.90 Å². The Morgan fingerprint density at radius 1 is 1.25 bits per heavy atom. The van der Waals surface area contributed by atoms with Crippen LogP contribution in [0.25, 0.3) is 0 Å². The third kappa shape index (κ3) is 4.36. The zero-order valence-electron chi connectivity index (χ0n) is 15.0. The first kappa shape index (κ1) is 18.9. The average molecular weight is 353 g/mol. The number of sulfonamides is 1. The van der Waals surface area contributed by atoms with Gasteiger partial charge in [-0.15, -0.1) is 0 Å². The first-order valence-corrected chi connectivity index (χ1v) is 10.0. The number of hydrogen-bond acceptors (Lipinski definition) is 3. The largest absolute Gasteiger partial charge is 0.356 e. The molecule has 0 aromatic heterocycles. The molecule has 1 N–H and O–H groups in total. The van der Waals surface area contributed by atoms with Crippen LogP contribution < -0.4 is 5.32 Å². The van der Waals surface area contributed by atoms with Crippen LogP contribution in [0.15, 0.2) is 23.1 Å². The molecule has 0 atom stereocenters. The summed E-state index contributed by atoms with van der Waals surface area (Å²) in [6, 6.07) is 5.49. The van der Waals surface area contributed by atoms with Crippen molar-refractivity contribution in [3.8, 4) is 0 Å². The molecule has 1 aromatic carbocycles. The predicted octanol–water partition coefficient (Wildman–Crippen LogP) is 2.48. The Morgan fingerprint density at radius 3 is 2.46 bits per heavy atom. The van der Waals surface area contributed by atoms with Crippen molar-refractivity contribution in [1.82, 2.24) is 9.62 Å². The normalized spacial score (nSPS) is 17.2. The van der Waals surface area contributed by atoms with Gasteiger partial charge in [0.2, 0.25) is 15.9 Å². The third-order valence-electron chi connectivity index (χ3n) is 4.47. The summed E-state index contributed by atoms with van der Waals surface area (Å²) in [6.45, 7) is 9.28. The van der Waals surface area contributed by atoms with Gasteiger partial charge in [-0.2, -0.15) is 4.31 Å². The number of carbonyl (C=O) groups is 1. The summed E-state index contributed by atoms with van der Waals surface area (Å²) in [7, 11) is -3.49. The van der Waals surface area contributed by atoms with Gasteiger partial charge in [0, 0.05) is 25.6 Å². The molecule has 1 saturated heterocycles. The van der Waals surface area contributed by atoms with Crippen LogP contribution in [-0.4, -0.2) is 38.3 Å². The number of benzene rings is 1. The molecule has 0 bridgehead atoms. The standard InChI is InChI=1S/C18H28N2O3S/c1-13(2)12-19-18(21)16-7-9-20(10-8-16)24(22,23)17-11-14(3)5-6-15(17)4/h5-6,11,13,16H,7-10,12H2,1-4H3,(H,19,21). The van der Waals surface area contributed by atoms with Gasteiger partial charge in [-0.05, 0) is 49.8 Å². The summed E-state index contributed by atoms with van der Waals surface area (Å²) >= 11 is 0. The van der Waals surface area contributed by atoms with Crippen molar-refractivity contribution in [2.75, 3.05) is 19.6 Å². The SMILES string of the molecule is Cc1ccc(C)c(S(=O)(=O)N2CCC(C(=O)NCC(C)C)CC2)c1. The van der Waals surface area contributed by atoms with Gasteiger partial charge in [0.15, 0.2) is 0 Å². The molecule has 24 heavy (non-hydrogen) atoms. The van der Waals surface area contributed by atoms with Crippen LogP contribution >= 0.6 is 0 Å². The maximum atomic E-state index is 12.9. The van der Waals surface area contributed by atoms with Crippen LogP contribution in [0.3, 0.4) is 0 Å². The van der Waals surface area contributed by atoms with E-state index in [9.17, 15) is 13.2 Å². The van der Waals surface area contributed by atoms with Crippen molar-refractivity contribution in [2.24, 2.45) is 11.8 Å². The fourth-order valence-corrected chi connectivity index (χ4v) is 4.71. The minimum Gasteiger partial charge on any atom is -0.356 e. The molecule has 0 aliphatic carbocycles. The molecule has 5 nitrogen and oxygen atoms in total. The highest BCUT2D eigenvalue weighted by molar-refractivity contribution is 7.89. The molecule has 134 valence electrons. The Bertz CT molecular complexity index is 690. The van der Waals surface area contributed by atoms with Crippen molar-refractivity contribution in [2.45, 2.75) is 45.4 Å². The smallest absolute Gasteiger partial charge is 0.243 e. The van der Waals surface area contributed by atoms with Crippen LogP contribution in [0, 0.1) is 25.7 Å². The maximum absolute atomic E-state index is 12.9. The van der Waals surface area contributed by atoms with Crippen LogP contribution in [0.1, 0.15) is 37.8 Å². The molecule has 6 heteroatoms.